The van der Waals surface area contributed by atoms with Gasteiger partial charge in [0, 0.05) is 24.4 Å². The Bertz CT molecular complexity index is 1030. The number of nitrogens with zero attached hydrogens (tertiary/aromatic N) is 4. The Labute approximate surface area is 172 Å². The number of carbonyl (C=O) groups is 1. The van der Waals surface area contributed by atoms with Crippen LogP contribution in [-0.4, -0.2) is 25.6 Å². The van der Waals surface area contributed by atoms with Gasteiger partial charge in [-0.1, -0.05) is 26.0 Å². The van der Waals surface area contributed by atoms with Crippen LogP contribution in [0.5, 0.6) is 0 Å². The van der Waals surface area contributed by atoms with Crippen molar-refractivity contribution in [3.05, 3.63) is 70.0 Å². The molecule has 3 rings (SSSR count). The number of nitro benzene ring substituents is 1. The van der Waals surface area contributed by atoms with E-state index in [1.807, 2.05) is 24.3 Å². The minimum Gasteiger partial charge on any atom is -0.322 e. The molecule has 2 aromatic carbocycles. The van der Waals surface area contributed by atoms with Crippen molar-refractivity contribution < 1.29 is 9.72 Å². The monoisotopic (exact) mass is 411 g/mol. The van der Waals surface area contributed by atoms with E-state index in [2.05, 4.69) is 29.4 Å². The summed E-state index contributed by atoms with van der Waals surface area (Å²) in [7, 11) is 1.75. The summed E-state index contributed by atoms with van der Waals surface area (Å²) in [5.74, 6) is 0.0426. The molecule has 0 spiro atoms. The zero-order valence-electron chi connectivity index (χ0n) is 16.3. The van der Waals surface area contributed by atoms with E-state index in [9.17, 15) is 14.9 Å². The fourth-order valence-electron chi connectivity index (χ4n) is 2.68. The molecule has 0 bridgehead atoms. The molecule has 1 N–H and O–H groups in total. The standard InChI is InChI=1S/C20H21N5O3S/c1-4-13(2)14-5-8-16(9-6-14)22-19(26)15-7-10-18(17(11-15)25(27)28)29-20-23-21-12-24(20)3/h5-13H,4H2,1-3H3,(H,22,26)/t13-/m0/s1. The molecular formula is C20H21N5O3S. The molecule has 0 fully saturated rings. The van der Waals surface area contributed by atoms with Crippen LogP contribution in [0, 0.1) is 10.1 Å². The molecular weight excluding hydrogens is 390 g/mol. The maximum absolute atomic E-state index is 12.6. The van der Waals surface area contributed by atoms with Crippen LogP contribution < -0.4 is 5.32 Å². The van der Waals surface area contributed by atoms with E-state index in [4.69, 9.17) is 0 Å². The van der Waals surface area contributed by atoms with Crippen LogP contribution in [-0.2, 0) is 7.05 Å². The third kappa shape index (κ3) is 4.80. The Kier molecular flexibility index (Phi) is 6.28. The van der Waals surface area contributed by atoms with E-state index in [1.54, 1.807) is 23.7 Å². The highest BCUT2D eigenvalue weighted by atomic mass is 32.2. The fourth-order valence-corrected chi connectivity index (χ4v) is 3.53. The van der Waals surface area contributed by atoms with Crippen molar-refractivity contribution in [2.45, 2.75) is 36.2 Å². The van der Waals surface area contributed by atoms with Gasteiger partial charge in [0.1, 0.15) is 6.33 Å². The van der Waals surface area contributed by atoms with Gasteiger partial charge >= 0.3 is 0 Å². The van der Waals surface area contributed by atoms with Crippen molar-refractivity contribution in [2.75, 3.05) is 5.32 Å². The largest absolute Gasteiger partial charge is 0.322 e. The smallest absolute Gasteiger partial charge is 0.284 e. The Morgan fingerprint density at radius 2 is 2.00 bits per heavy atom. The third-order valence-electron chi connectivity index (χ3n) is 4.64. The van der Waals surface area contributed by atoms with Crippen LogP contribution in [0.15, 0.2) is 58.8 Å². The van der Waals surface area contributed by atoms with E-state index in [0.29, 0.717) is 21.7 Å². The second-order valence-corrected chi connectivity index (χ2v) is 7.66. The Balaban J connectivity index is 1.79. The number of amides is 1. The minimum atomic E-state index is -0.504. The summed E-state index contributed by atoms with van der Waals surface area (Å²) < 4.78 is 1.66. The summed E-state index contributed by atoms with van der Waals surface area (Å²) in [5.41, 5.74) is 1.90. The molecule has 1 aromatic heterocycles. The Morgan fingerprint density at radius 3 is 2.59 bits per heavy atom. The number of benzene rings is 2. The zero-order valence-corrected chi connectivity index (χ0v) is 17.1. The van der Waals surface area contributed by atoms with Gasteiger partial charge in [-0.3, -0.25) is 14.9 Å². The van der Waals surface area contributed by atoms with Crippen LogP contribution in [0.1, 0.15) is 42.1 Å². The highest BCUT2D eigenvalue weighted by molar-refractivity contribution is 7.99. The first kappa shape index (κ1) is 20.5. The fraction of sp³-hybridized carbons (Fsp3) is 0.250. The van der Waals surface area contributed by atoms with Gasteiger partial charge in [0.05, 0.1) is 9.82 Å². The van der Waals surface area contributed by atoms with Gasteiger partial charge in [-0.2, -0.15) is 0 Å². The average Bonchev–Trinajstić information content (AvgIpc) is 3.12. The number of carbonyl (C=O) groups excluding carboxylic acids is 1. The molecule has 8 nitrogen and oxygen atoms in total. The lowest BCUT2D eigenvalue weighted by atomic mass is 9.98. The molecule has 1 heterocycles. The van der Waals surface area contributed by atoms with Crippen molar-refractivity contribution in [3.63, 3.8) is 0 Å². The molecule has 0 radical (unpaired) electrons. The SMILES string of the molecule is CC[C@H](C)c1ccc(NC(=O)c2ccc(Sc3nncn3C)c([N+](=O)[O-])c2)cc1. The van der Waals surface area contributed by atoms with Crippen LogP contribution >= 0.6 is 11.8 Å². The maximum Gasteiger partial charge on any atom is 0.284 e. The summed E-state index contributed by atoms with van der Waals surface area (Å²) in [6.45, 7) is 4.27. The lowest BCUT2D eigenvalue weighted by molar-refractivity contribution is -0.387. The van der Waals surface area contributed by atoms with E-state index >= 15 is 0 Å². The van der Waals surface area contributed by atoms with Crippen molar-refractivity contribution in [2.24, 2.45) is 7.05 Å². The number of nitro groups is 1. The molecule has 1 amide bonds. The van der Waals surface area contributed by atoms with E-state index in [0.717, 1.165) is 18.2 Å². The van der Waals surface area contributed by atoms with Crippen molar-refractivity contribution >= 4 is 29.0 Å². The molecule has 0 aliphatic heterocycles. The highest BCUT2D eigenvalue weighted by Gasteiger charge is 2.20. The molecule has 150 valence electrons. The molecule has 0 aliphatic carbocycles. The van der Waals surface area contributed by atoms with Gasteiger partial charge in [-0.25, -0.2) is 0 Å². The third-order valence-corrected chi connectivity index (χ3v) is 5.76. The van der Waals surface area contributed by atoms with E-state index < -0.39 is 10.8 Å². The number of nitrogens with one attached hydrogen (secondary N) is 1. The first-order valence-electron chi connectivity index (χ1n) is 9.10. The maximum atomic E-state index is 12.6. The molecule has 0 unspecified atom stereocenters. The summed E-state index contributed by atoms with van der Waals surface area (Å²) in [5, 5.41) is 22.5. The van der Waals surface area contributed by atoms with Gasteiger partial charge in [0.2, 0.25) is 0 Å². The van der Waals surface area contributed by atoms with Crippen LogP contribution in [0.2, 0.25) is 0 Å². The molecule has 1 atom stereocenters. The van der Waals surface area contributed by atoms with Gasteiger partial charge in [0.25, 0.3) is 11.6 Å². The van der Waals surface area contributed by atoms with Gasteiger partial charge < -0.3 is 9.88 Å². The normalized spacial score (nSPS) is 11.8. The predicted molar refractivity (Wildman–Crippen MR) is 111 cm³/mol. The van der Waals surface area contributed by atoms with Gasteiger partial charge in [-0.15, -0.1) is 10.2 Å². The number of hydrogen-bond acceptors (Lipinski definition) is 6. The first-order valence-corrected chi connectivity index (χ1v) is 9.92. The molecule has 0 aliphatic rings. The first-order chi connectivity index (χ1) is 13.9. The van der Waals surface area contributed by atoms with Crippen LogP contribution in [0.25, 0.3) is 0 Å². The Morgan fingerprint density at radius 1 is 1.28 bits per heavy atom. The van der Waals surface area contributed by atoms with Gasteiger partial charge in [0.15, 0.2) is 5.16 Å². The second kappa shape index (κ2) is 8.87. The number of aromatic nitrogens is 3. The average molecular weight is 411 g/mol. The molecule has 0 saturated heterocycles. The lowest BCUT2D eigenvalue weighted by Crippen LogP contribution is -2.12. The van der Waals surface area contributed by atoms with E-state index in [-0.39, 0.29) is 11.3 Å². The quantitative estimate of drug-likeness (QED) is 0.449. The summed E-state index contributed by atoms with van der Waals surface area (Å²) in [6, 6.07) is 12.0. The second-order valence-electron chi connectivity index (χ2n) is 6.65. The molecule has 9 heteroatoms. The molecule has 3 aromatic rings. The predicted octanol–water partition coefficient (Wildman–Crippen LogP) is 4.64. The molecule has 0 saturated carbocycles. The van der Waals surface area contributed by atoms with Crippen molar-refractivity contribution in [1.82, 2.24) is 14.8 Å². The van der Waals surface area contributed by atoms with Crippen LogP contribution in [0.4, 0.5) is 11.4 Å². The summed E-state index contributed by atoms with van der Waals surface area (Å²) in [4.78, 5) is 24.0. The van der Waals surface area contributed by atoms with Crippen LogP contribution in [0.3, 0.4) is 0 Å². The zero-order chi connectivity index (χ0) is 21.0. The summed E-state index contributed by atoms with van der Waals surface area (Å²) in [6.07, 6.45) is 2.55. The number of aryl methyl sites for hydroxylation is 1. The lowest BCUT2D eigenvalue weighted by Gasteiger charge is -2.11. The number of anilines is 1. The van der Waals surface area contributed by atoms with Gasteiger partial charge in [-0.05, 0) is 53.9 Å². The minimum absolute atomic E-state index is 0.155. The number of hydrogen-bond donors (Lipinski definition) is 1. The van der Waals surface area contributed by atoms with Crippen molar-refractivity contribution in [3.8, 4) is 0 Å². The topological polar surface area (TPSA) is 103 Å². The number of rotatable bonds is 7. The van der Waals surface area contributed by atoms with E-state index in [1.165, 1.54) is 18.0 Å². The highest BCUT2D eigenvalue weighted by Crippen LogP contribution is 2.34. The Hall–Kier alpha value is -3.20. The molecule has 29 heavy (non-hydrogen) atoms. The summed E-state index contributed by atoms with van der Waals surface area (Å²) >= 11 is 1.12. The van der Waals surface area contributed by atoms with Crippen molar-refractivity contribution in [1.29, 1.82) is 0 Å².